The van der Waals surface area contributed by atoms with Crippen molar-refractivity contribution in [2.24, 2.45) is 5.73 Å². The first kappa shape index (κ1) is 10.2. The van der Waals surface area contributed by atoms with Crippen molar-refractivity contribution in [3.05, 3.63) is 22.8 Å². The predicted molar refractivity (Wildman–Crippen MR) is 60.1 cm³/mol. The monoisotopic (exact) mass is 219 g/mol. The molecule has 1 aliphatic carbocycles. The molecule has 1 aromatic heterocycles. The molecule has 2 heterocycles. The SMILES string of the molecule is NCc1nc(C2CC2)nc2c1CCOCC2. The molecule has 0 saturated heterocycles. The fourth-order valence-corrected chi connectivity index (χ4v) is 2.24. The summed E-state index contributed by atoms with van der Waals surface area (Å²) in [6.07, 6.45) is 4.29. The van der Waals surface area contributed by atoms with Crippen molar-refractivity contribution >= 4 is 0 Å². The van der Waals surface area contributed by atoms with Crippen LogP contribution in [0.5, 0.6) is 0 Å². The number of ether oxygens (including phenoxy) is 1. The average Bonchev–Trinajstić information content (AvgIpc) is 3.13. The molecule has 0 unspecified atom stereocenters. The second kappa shape index (κ2) is 4.11. The first-order chi connectivity index (χ1) is 7.88. The Kier molecular flexibility index (Phi) is 2.61. The average molecular weight is 219 g/mol. The highest BCUT2D eigenvalue weighted by Crippen LogP contribution is 2.38. The summed E-state index contributed by atoms with van der Waals surface area (Å²) in [4.78, 5) is 9.31. The fraction of sp³-hybridized carbons (Fsp3) is 0.667. The molecule has 0 radical (unpaired) electrons. The van der Waals surface area contributed by atoms with E-state index < -0.39 is 0 Å². The Labute approximate surface area is 95.2 Å². The first-order valence-electron chi connectivity index (χ1n) is 6.05. The maximum Gasteiger partial charge on any atom is 0.132 e. The second-order valence-corrected chi connectivity index (χ2v) is 4.54. The lowest BCUT2D eigenvalue weighted by Crippen LogP contribution is -2.12. The normalized spacial score (nSPS) is 20.3. The summed E-state index contributed by atoms with van der Waals surface area (Å²) < 4.78 is 5.48. The molecule has 1 aliphatic heterocycles. The molecule has 0 aromatic carbocycles. The Morgan fingerprint density at radius 1 is 1.19 bits per heavy atom. The van der Waals surface area contributed by atoms with Gasteiger partial charge in [-0.3, -0.25) is 0 Å². The highest BCUT2D eigenvalue weighted by molar-refractivity contribution is 5.29. The lowest BCUT2D eigenvalue weighted by atomic mass is 10.1. The highest BCUT2D eigenvalue weighted by Gasteiger charge is 2.28. The Bertz CT molecular complexity index is 401. The minimum Gasteiger partial charge on any atom is -0.381 e. The number of nitrogens with two attached hydrogens (primary N) is 1. The van der Waals surface area contributed by atoms with Gasteiger partial charge in [0.05, 0.1) is 18.9 Å². The van der Waals surface area contributed by atoms with Gasteiger partial charge in [0.25, 0.3) is 0 Å². The molecular formula is C12H17N3O. The van der Waals surface area contributed by atoms with Crippen LogP contribution in [-0.2, 0) is 24.1 Å². The molecule has 0 amide bonds. The van der Waals surface area contributed by atoms with E-state index in [1.165, 1.54) is 24.1 Å². The molecule has 1 fully saturated rings. The summed E-state index contributed by atoms with van der Waals surface area (Å²) in [5.74, 6) is 1.61. The van der Waals surface area contributed by atoms with Crippen LogP contribution in [0.15, 0.2) is 0 Å². The first-order valence-corrected chi connectivity index (χ1v) is 6.05. The largest absolute Gasteiger partial charge is 0.381 e. The van der Waals surface area contributed by atoms with E-state index in [1.54, 1.807) is 0 Å². The molecule has 16 heavy (non-hydrogen) atoms. The third kappa shape index (κ3) is 1.83. The van der Waals surface area contributed by atoms with E-state index in [4.69, 9.17) is 15.5 Å². The van der Waals surface area contributed by atoms with Gasteiger partial charge in [-0.2, -0.15) is 0 Å². The number of aromatic nitrogens is 2. The summed E-state index contributed by atoms with van der Waals surface area (Å²) in [5.41, 5.74) is 9.24. The number of nitrogens with zero attached hydrogens (tertiary/aromatic N) is 2. The zero-order valence-corrected chi connectivity index (χ0v) is 9.41. The van der Waals surface area contributed by atoms with Crippen LogP contribution in [0.3, 0.4) is 0 Å². The van der Waals surface area contributed by atoms with Crippen LogP contribution in [0.2, 0.25) is 0 Å². The van der Waals surface area contributed by atoms with Crippen LogP contribution >= 0.6 is 0 Å². The molecule has 0 atom stereocenters. The molecule has 86 valence electrons. The van der Waals surface area contributed by atoms with Gasteiger partial charge in [-0.1, -0.05) is 0 Å². The Hall–Kier alpha value is -1.00. The van der Waals surface area contributed by atoms with Crippen LogP contribution in [0, 0.1) is 0 Å². The molecule has 0 spiro atoms. The molecule has 2 N–H and O–H groups in total. The number of hydrogen-bond donors (Lipinski definition) is 1. The molecule has 2 aliphatic rings. The molecule has 4 heteroatoms. The number of hydrogen-bond acceptors (Lipinski definition) is 4. The fourth-order valence-electron chi connectivity index (χ4n) is 2.24. The van der Waals surface area contributed by atoms with Gasteiger partial charge in [0.15, 0.2) is 0 Å². The van der Waals surface area contributed by atoms with Crippen LogP contribution in [0.25, 0.3) is 0 Å². The number of fused-ring (bicyclic) bond motifs is 1. The van der Waals surface area contributed by atoms with Gasteiger partial charge in [0, 0.05) is 24.6 Å². The van der Waals surface area contributed by atoms with Crippen molar-refractivity contribution < 1.29 is 4.74 Å². The van der Waals surface area contributed by atoms with Crippen LogP contribution < -0.4 is 5.73 Å². The van der Waals surface area contributed by atoms with Gasteiger partial charge in [-0.15, -0.1) is 0 Å². The van der Waals surface area contributed by atoms with Crippen molar-refractivity contribution in [2.45, 2.75) is 38.1 Å². The predicted octanol–water partition coefficient (Wildman–Crippen LogP) is 0.928. The Balaban J connectivity index is 2.04. The maximum atomic E-state index is 5.78. The lowest BCUT2D eigenvalue weighted by Gasteiger charge is -2.11. The minimum absolute atomic E-state index is 0.518. The van der Waals surface area contributed by atoms with Gasteiger partial charge < -0.3 is 10.5 Å². The molecule has 0 bridgehead atoms. The summed E-state index contributed by atoms with van der Waals surface area (Å²) >= 11 is 0. The third-order valence-corrected chi connectivity index (χ3v) is 3.31. The Morgan fingerprint density at radius 2 is 2.00 bits per heavy atom. The quantitative estimate of drug-likeness (QED) is 0.803. The van der Waals surface area contributed by atoms with E-state index in [9.17, 15) is 0 Å². The van der Waals surface area contributed by atoms with Crippen LogP contribution in [0.4, 0.5) is 0 Å². The van der Waals surface area contributed by atoms with Gasteiger partial charge in [0.2, 0.25) is 0 Å². The summed E-state index contributed by atoms with van der Waals surface area (Å²) in [6, 6.07) is 0. The summed E-state index contributed by atoms with van der Waals surface area (Å²) in [6.45, 7) is 2.06. The van der Waals surface area contributed by atoms with E-state index >= 15 is 0 Å². The van der Waals surface area contributed by atoms with Crippen molar-refractivity contribution in [1.29, 1.82) is 0 Å². The van der Waals surface area contributed by atoms with Gasteiger partial charge >= 0.3 is 0 Å². The number of rotatable bonds is 2. The van der Waals surface area contributed by atoms with Gasteiger partial charge in [-0.25, -0.2) is 9.97 Å². The zero-order chi connectivity index (χ0) is 11.0. The summed E-state index contributed by atoms with van der Waals surface area (Å²) in [7, 11) is 0. The third-order valence-electron chi connectivity index (χ3n) is 3.31. The van der Waals surface area contributed by atoms with E-state index in [0.717, 1.165) is 37.6 Å². The lowest BCUT2D eigenvalue weighted by molar-refractivity contribution is 0.146. The van der Waals surface area contributed by atoms with E-state index in [2.05, 4.69) is 4.98 Å². The van der Waals surface area contributed by atoms with Gasteiger partial charge in [-0.05, 0) is 24.8 Å². The topological polar surface area (TPSA) is 61.0 Å². The molecule has 4 nitrogen and oxygen atoms in total. The van der Waals surface area contributed by atoms with Crippen LogP contribution in [-0.4, -0.2) is 23.2 Å². The van der Waals surface area contributed by atoms with Gasteiger partial charge in [0.1, 0.15) is 5.82 Å². The van der Waals surface area contributed by atoms with Crippen LogP contribution in [0.1, 0.15) is 41.5 Å². The molecule has 3 rings (SSSR count). The molecule has 1 saturated carbocycles. The van der Waals surface area contributed by atoms with Crippen molar-refractivity contribution in [1.82, 2.24) is 9.97 Å². The smallest absolute Gasteiger partial charge is 0.132 e. The Morgan fingerprint density at radius 3 is 2.75 bits per heavy atom. The maximum absolute atomic E-state index is 5.78. The van der Waals surface area contributed by atoms with Crippen molar-refractivity contribution in [3.63, 3.8) is 0 Å². The second-order valence-electron chi connectivity index (χ2n) is 4.54. The molecule has 1 aromatic rings. The van der Waals surface area contributed by atoms with E-state index in [-0.39, 0.29) is 0 Å². The van der Waals surface area contributed by atoms with Crippen molar-refractivity contribution in [3.8, 4) is 0 Å². The zero-order valence-electron chi connectivity index (χ0n) is 9.41. The molecular weight excluding hydrogens is 202 g/mol. The standard InChI is InChI=1S/C12H17N3O/c13-7-11-9-3-5-16-6-4-10(9)14-12(15-11)8-1-2-8/h8H,1-7,13H2. The minimum atomic E-state index is 0.518. The van der Waals surface area contributed by atoms with Crippen molar-refractivity contribution in [2.75, 3.05) is 13.2 Å². The van der Waals surface area contributed by atoms with E-state index in [1.807, 2.05) is 0 Å². The van der Waals surface area contributed by atoms with E-state index in [0.29, 0.717) is 12.5 Å². The summed E-state index contributed by atoms with van der Waals surface area (Å²) in [5, 5.41) is 0. The highest BCUT2D eigenvalue weighted by atomic mass is 16.5.